The Morgan fingerprint density at radius 2 is 1.96 bits per heavy atom. The molecule has 2 rings (SSSR count). The minimum absolute atomic E-state index is 0.000397. The third-order valence-electron chi connectivity index (χ3n) is 3.88. The second-order valence-electron chi connectivity index (χ2n) is 5.40. The van der Waals surface area contributed by atoms with Gasteiger partial charge in [-0.1, -0.05) is 23.7 Å². The molecule has 1 aromatic rings. The van der Waals surface area contributed by atoms with Crippen molar-refractivity contribution in [2.24, 2.45) is 0 Å². The molecule has 1 aliphatic rings. The first kappa shape index (κ1) is 18.0. The molecule has 1 atom stereocenters. The van der Waals surface area contributed by atoms with E-state index in [-0.39, 0.29) is 18.9 Å². The molecule has 0 saturated carbocycles. The van der Waals surface area contributed by atoms with E-state index in [1.54, 1.807) is 38.1 Å². The van der Waals surface area contributed by atoms with Crippen LogP contribution in [-0.4, -0.2) is 41.0 Å². The molecule has 128 valence electrons. The predicted octanol–water partition coefficient (Wildman–Crippen LogP) is 2.58. The van der Waals surface area contributed by atoms with Gasteiger partial charge in [-0.05, 0) is 31.5 Å². The lowest BCUT2D eigenvalue weighted by Gasteiger charge is -2.33. The van der Waals surface area contributed by atoms with Crippen LogP contribution in [0.25, 0.3) is 0 Å². The zero-order chi connectivity index (χ0) is 17.9. The first-order chi connectivity index (χ1) is 11.3. The van der Waals surface area contributed by atoms with Gasteiger partial charge in [-0.25, -0.2) is 4.79 Å². The van der Waals surface area contributed by atoms with Crippen molar-refractivity contribution in [2.75, 3.05) is 13.2 Å². The highest BCUT2D eigenvalue weighted by molar-refractivity contribution is 6.30. The molecule has 0 bridgehead atoms. The molecule has 0 saturated heterocycles. The lowest BCUT2D eigenvalue weighted by Crippen LogP contribution is -2.41. The Morgan fingerprint density at radius 3 is 2.50 bits per heavy atom. The number of allylic oxidation sites excluding steroid dienone is 1. The topological polar surface area (TPSA) is 83.9 Å². The zero-order valence-electron chi connectivity index (χ0n) is 13.4. The van der Waals surface area contributed by atoms with Crippen LogP contribution in [-0.2, 0) is 19.1 Å². The third kappa shape index (κ3) is 3.76. The van der Waals surface area contributed by atoms with Gasteiger partial charge < -0.3 is 14.7 Å². The second kappa shape index (κ2) is 7.49. The fourth-order valence-electron chi connectivity index (χ4n) is 2.79. The minimum Gasteiger partial charge on any atom is -0.480 e. The van der Waals surface area contributed by atoms with Crippen LogP contribution in [0.4, 0.5) is 0 Å². The normalized spacial score (nSPS) is 17.9. The van der Waals surface area contributed by atoms with E-state index in [9.17, 15) is 14.4 Å². The van der Waals surface area contributed by atoms with Gasteiger partial charge in [-0.3, -0.25) is 9.59 Å². The summed E-state index contributed by atoms with van der Waals surface area (Å²) in [5.74, 6) is -2.52. The van der Waals surface area contributed by atoms with Gasteiger partial charge in [-0.2, -0.15) is 0 Å². The third-order valence-corrected chi connectivity index (χ3v) is 4.14. The Balaban J connectivity index is 2.51. The van der Waals surface area contributed by atoms with Crippen LogP contribution in [0.15, 0.2) is 35.5 Å². The average molecular weight is 352 g/mol. The van der Waals surface area contributed by atoms with Gasteiger partial charge in [0.05, 0.1) is 12.2 Å². The number of amides is 1. The van der Waals surface area contributed by atoms with Crippen LogP contribution in [0.1, 0.15) is 31.7 Å². The van der Waals surface area contributed by atoms with Gasteiger partial charge >= 0.3 is 11.9 Å². The molecular weight excluding hydrogens is 334 g/mol. The number of carbonyl (C=O) groups is 3. The van der Waals surface area contributed by atoms with Crippen molar-refractivity contribution < 1.29 is 24.2 Å². The van der Waals surface area contributed by atoms with E-state index < -0.39 is 24.4 Å². The lowest BCUT2D eigenvalue weighted by molar-refractivity contribution is -0.145. The Bertz CT molecular complexity index is 695. The number of hydrogen-bond donors (Lipinski definition) is 1. The van der Waals surface area contributed by atoms with Gasteiger partial charge in [0, 0.05) is 23.1 Å². The first-order valence-electron chi connectivity index (χ1n) is 7.50. The van der Waals surface area contributed by atoms with Crippen LogP contribution in [0.5, 0.6) is 0 Å². The van der Waals surface area contributed by atoms with Gasteiger partial charge in [0.15, 0.2) is 0 Å². The number of hydrogen-bond acceptors (Lipinski definition) is 4. The largest absolute Gasteiger partial charge is 0.480 e. The van der Waals surface area contributed by atoms with Crippen LogP contribution in [0.2, 0.25) is 5.02 Å². The van der Waals surface area contributed by atoms with E-state index in [1.165, 1.54) is 0 Å². The molecule has 1 aliphatic heterocycles. The summed E-state index contributed by atoms with van der Waals surface area (Å²) in [6.07, 6.45) is 0.000397. The van der Waals surface area contributed by atoms with Crippen molar-refractivity contribution in [3.63, 3.8) is 0 Å². The average Bonchev–Trinajstić information content (AvgIpc) is 2.51. The van der Waals surface area contributed by atoms with Crippen LogP contribution >= 0.6 is 11.6 Å². The fraction of sp³-hybridized carbons (Fsp3) is 0.353. The molecular formula is C17H18ClNO5. The molecule has 1 amide bonds. The Morgan fingerprint density at radius 1 is 1.33 bits per heavy atom. The standard InChI is InChI=1S/C17H18ClNO5/c1-3-24-17(23)16-10(2)19(9-15(21)22)14(20)8-13(16)11-4-6-12(18)7-5-11/h4-7,13H,3,8-9H2,1-2H3,(H,21,22). The summed E-state index contributed by atoms with van der Waals surface area (Å²) in [6.45, 7) is 2.96. The summed E-state index contributed by atoms with van der Waals surface area (Å²) in [4.78, 5) is 36.9. The predicted molar refractivity (Wildman–Crippen MR) is 87.5 cm³/mol. The van der Waals surface area contributed by atoms with E-state index >= 15 is 0 Å². The zero-order valence-corrected chi connectivity index (χ0v) is 14.2. The molecule has 0 aromatic heterocycles. The van der Waals surface area contributed by atoms with Crippen molar-refractivity contribution in [3.05, 3.63) is 46.1 Å². The van der Waals surface area contributed by atoms with Crippen molar-refractivity contribution >= 4 is 29.4 Å². The lowest BCUT2D eigenvalue weighted by atomic mass is 9.83. The summed E-state index contributed by atoms with van der Waals surface area (Å²) < 4.78 is 5.11. The summed E-state index contributed by atoms with van der Waals surface area (Å²) in [6, 6.07) is 6.87. The quantitative estimate of drug-likeness (QED) is 0.824. The van der Waals surface area contributed by atoms with E-state index in [0.29, 0.717) is 16.3 Å². The molecule has 1 N–H and O–H groups in total. The van der Waals surface area contributed by atoms with E-state index in [1.807, 2.05) is 0 Å². The highest BCUT2D eigenvalue weighted by Gasteiger charge is 2.37. The highest BCUT2D eigenvalue weighted by atomic mass is 35.5. The molecule has 0 aliphatic carbocycles. The number of carboxylic acids is 1. The number of esters is 1. The van der Waals surface area contributed by atoms with Crippen molar-refractivity contribution in [1.29, 1.82) is 0 Å². The first-order valence-corrected chi connectivity index (χ1v) is 7.88. The molecule has 6 nitrogen and oxygen atoms in total. The number of rotatable bonds is 5. The number of aliphatic carboxylic acids is 1. The Kier molecular flexibility index (Phi) is 5.62. The maximum Gasteiger partial charge on any atom is 0.336 e. The number of carbonyl (C=O) groups excluding carboxylic acids is 2. The molecule has 0 radical (unpaired) electrons. The van der Waals surface area contributed by atoms with Crippen molar-refractivity contribution in [2.45, 2.75) is 26.2 Å². The maximum absolute atomic E-state index is 12.4. The van der Waals surface area contributed by atoms with E-state index in [2.05, 4.69) is 0 Å². The van der Waals surface area contributed by atoms with Gasteiger partial charge in [-0.15, -0.1) is 0 Å². The van der Waals surface area contributed by atoms with Gasteiger partial charge in [0.25, 0.3) is 0 Å². The minimum atomic E-state index is -1.14. The number of nitrogens with zero attached hydrogens (tertiary/aromatic N) is 1. The molecule has 24 heavy (non-hydrogen) atoms. The summed E-state index contributed by atoms with van der Waals surface area (Å²) >= 11 is 5.89. The monoisotopic (exact) mass is 351 g/mol. The SMILES string of the molecule is CCOC(=O)C1=C(C)N(CC(=O)O)C(=O)CC1c1ccc(Cl)cc1. The van der Waals surface area contributed by atoms with Gasteiger partial charge in [0.2, 0.25) is 5.91 Å². The number of halogens is 1. The number of benzene rings is 1. The highest BCUT2D eigenvalue weighted by Crippen LogP contribution is 2.37. The van der Waals surface area contributed by atoms with Crippen LogP contribution in [0.3, 0.4) is 0 Å². The second-order valence-corrected chi connectivity index (χ2v) is 5.84. The molecule has 1 heterocycles. The Labute approximate surface area is 144 Å². The van der Waals surface area contributed by atoms with Crippen LogP contribution < -0.4 is 0 Å². The molecule has 0 spiro atoms. The Hall–Kier alpha value is -2.34. The van der Waals surface area contributed by atoms with Crippen molar-refractivity contribution in [3.8, 4) is 0 Å². The number of ether oxygens (including phenoxy) is 1. The molecule has 1 aromatic carbocycles. The molecule has 7 heteroatoms. The maximum atomic E-state index is 12.4. The molecule has 1 unspecified atom stereocenters. The van der Waals surface area contributed by atoms with Crippen molar-refractivity contribution in [1.82, 2.24) is 4.90 Å². The van der Waals surface area contributed by atoms with E-state index in [4.69, 9.17) is 21.4 Å². The smallest absolute Gasteiger partial charge is 0.336 e. The molecule has 0 fully saturated rings. The fourth-order valence-corrected chi connectivity index (χ4v) is 2.92. The summed E-state index contributed by atoms with van der Waals surface area (Å²) in [5.41, 5.74) is 1.37. The number of carboxylic acid groups (broad SMARTS) is 1. The van der Waals surface area contributed by atoms with E-state index in [0.717, 1.165) is 10.5 Å². The summed E-state index contributed by atoms with van der Waals surface area (Å²) in [7, 11) is 0. The summed E-state index contributed by atoms with van der Waals surface area (Å²) in [5, 5.41) is 9.54. The van der Waals surface area contributed by atoms with Gasteiger partial charge in [0.1, 0.15) is 6.54 Å². The van der Waals surface area contributed by atoms with Crippen LogP contribution in [0, 0.1) is 0 Å².